The number of pyridine rings is 2. The Hall–Kier alpha value is -1.06. The second-order valence-electron chi connectivity index (χ2n) is 3.65. The van der Waals surface area contributed by atoms with Crippen LogP contribution >= 0.6 is 23.2 Å². The molecule has 0 saturated carbocycles. The van der Waals surface area contributed by atoms with Crippen LogP contribution in [0, 0.1) is 0 Å². The molecule has 0 saturated heterocycles. The van der Waals surface area contributed by atoms with Crippen molar-refractivity contribution in [2.45, 2.75) is 0 Å². The molecule has 2 aromatic heterocycles. The zero-order valence-corrected chi connectivity index (χ0v) is 11.3. The smallest absolute Gasteiger partial charge is 0.268 e. The van der Waals surface area contributed by atoms with Crippen LogP contribution < -0.4 is 5.56 Å². The van der Waals surface area contributed by atoms with Gasteiger partial charge in [-0.3, -0.25) is 9.78 Å². The average Bonchev–Trinajstić information content (AvgIpc) is 2.36. The minimum absolute atomic E-state index is 0. The first kappa shape index (κ1) is 13.4. The molecule has 0 amide bonds. The Morgan fingerprint density at radius 1 is 1.11 bits per heavy atom. The van der Waals surface area contributed by atoms with E-state index in [9.17, 15) is 4.79 Å². The molecule has 0 atom stereocenters. The maximum absolute atomic E-state index is 11.6. The van der Waals surface area contributed by atoms with Gasteiger partial charge in [-0.1, -0.05) is 41.4 Å². The molecule has 0 spiro atoms. The van der Waals surface area contributed by atoms with E-state index in [0.717, 1.165) is 5.39 Å². The van der Waals surface area contributed by atoms with Gasteiger partial charge in [0.1, 0.15) is 5.02 Å². The van der Waals surface area contributed by atoms with E-state index in [-0.39, 0.29) is 27.1 Å². The maximum Gasteiger partial charge on any atom is 0.268 e. The van der Waals surface area contributed by atoms with E-state index in [1.165, 1.54) is 0 Å². The molecule has 0 bridgehead atoms. The van der Waals surface area contributed by atoms with Crippen LogP contribution in [-0.4, -0.2) is 9.97 Å². The molecular weight excluding hydrogens is 323 g/mol. The molecule has 0 aliphatic carbocycles. The minimum atomic E-state index is -0.401. The molecule has 6 heteroatoms. The fourth-order valence-corrected chi connectivity index (χ4v) is 2.23. The summed E-state index contributed by atoms with van der Waals surface area (Å²) in [6, 6.07) is 7.47. The number of benzene rings is 1. The van der Waals surface area contributed by atoms with Crippen LogP contribution in [0.1, 0.15) is 0 Å². The zero-order valence-electron chi connectivity index (χ0n) is 8.80. The number of nitrogens with one attached hydrogen (secondary N) is 1. The summed E-state index contributed by atoms with van der Waals surface area (Å²) < 4.78 is 0. The summed E-state index contributed by atoms with van der Waals surface area (Å²) in [6.07, 6.45) is 1.67. The summed E-state index contributed by atoms with van der Waals surface area (Å²) in [4.78, 5) is 18.6. The Balaban J connectivity index is 0.00000120. The number of H-pyrrole nitrogens is 1. The summed E-state index contributed by atoms with van der Waals surface area (Å²) in [7, 11) is 0. The van der Waals surface area contributed by atoms with Crippen LogP contribution in [0.5, 0.6) is 0 Å². The van der Waals surface area contributed by atoms with Gasteiger partial charge in [0.25, 0.3) is 5.56 Å². The first-order chi connectivity index (χ1) is 8.18. The normalized spacial score (nSPS) is 10.6. The molecule has 2 heterocycles. The van der Waals surface area contributed by atoms with Crippen molar-refractivity contribution in [3.05, 3.63) is 50.9 Å². The van der Waals surface area contributed by atoms with Crippen LogP contribution in [0.15, 0.2) is 35.3 Å². The SMILES string of the molecule is O=c1[nH]c2c(ccc3cccnc32)c(Cl)c1Cl.[Cu]. The fourth-order valence-electron chi connectivity index (χ4n) is 1.84. The number of hydrogen-bond acceptors (Lipinski definition) is 2. The molecule has 0 aliphatic rings. The van der Waals surface area contributed by atoms with Crippen LogP contribution in [0.3, 0.4) is 0 Å². The van der Waals surface area contributed by atoms with Crippen LogP contribution in [0.2, 0.25) is 10.0 Å². The Kier molecular flexibility index (Phi) is 3.64. The predicted octanol–water partition coefficient (Wildman–Crippen LogP) is 3.38. The molecule has 18 heavy (non-hydrogen) atoms. The number of aromatic nitrogens is 2. The van der Waals surface area contributed by atoms with Crippen molar-refractivity contribution in [1.29, 1.82) is 0 Å². The van der Waals surface area contributed by atoms with Gasteiger partial charge in [0, 0.05) is 34.0 Å². The number of aromatic amines is 1. The third kappa shape index (κ3) is 1.91. The number of nitrogens with zero attached hydrogens (tertiary/aromatic N) is 1. The summed E-state index contributed by atoms with van der Waals surface area (Å²) in [5.41, 5.74) is 0.922. The van der Waals surface area contributed by atoms with Crippen molar-refractivity contribution in [1.82, 2.24) is 9.97 Å². The zero-order chi connectivity index (χ0) is 12.0. The van der Waals surface area contributed by atoms with Crippen molar-refractivity contribution < 1.29 is 17.1 Å². The molecule has 95 valence electrons. The first-order valence-corrected chi connectivity index (χ1v) is 5.69. The van der Waals surface area contributed by atoms with Gasteiger partial charge >= 0.3 is 0 Å². The second kappa shape index (κ2) is 4.90. The van der Waals surface area contributed by atoms with E-state index in [4.69, 9.17) is 23.2 Å². The van der Waals surface area contributed by atoms with Crippen LogP contribution in [0.25, 0.3) is 21.8 Å². The van der Waals surface area contributed by atoms with Crippen molar-refractivity contribution in [2.24, 2.45) is 0 Å². The van der Waals surface area contributed by atoms with Gasteiger partial charge in [0.05, 0.1) is 16.1 Å². The fraction of sp³-hybridized carbons (Fsp3) is 0. The maximum atomic E-state index is 11.6. The van der Waals surface area contributed by atoms with E-state index in [1.807, 2.05) is 24.3 Å². The van der Waals surface area contributed by atoms with Crippen molar-refractivity contribution >= 4 is 45.0 Å². The summed E-state index contributed by atoms with van der Waals surface area (Å²) >= 11 is 11.9. The molecule has 3 rings (SSSR count). The molecule has 1 N–H and O–H groups in total. The second-order valence-corrected chi connectivity index (χ2v) is 4.40. The summed E-state index contributed by atoms with van der Waals surface area (Å²) in [6.45, 7) is 0. The van der Waals surface area contributed by atoms with E-state index in [1.54, 1.807) is 6.20 Å². The molecule has 3 nitrogen and oxygen atoms in total. The van der Waals surface area contributed by atoms with Gasteiger partial charge in [0.2, 0.25) is 0 Å². The third-order valence-electron chi connectivity index (χ3n) is 2.64. The van der Waals surface area contributed by atoms with Crippen molar-refractivity contribution in [2.75, 3.05) is 0 Å². The van der Waals surface area contributed by atoms with Gasteiger partial charge in [-0.25, -0.2) is 0 Å². The van der Waals surface area contributed by atoms with Crippen LogP contribution in [-0.2, 0) is 17.1 Å². The number of fused-ring (bicyclic) bond motifs is 3. The van der Waals surface area contributed by atoms with Crippen molar-refractivity contribution in [3.8, 4) is 0 Å². The molecule has 1 aromatic carbocycles. The average molecular weight is 329 g/mol. The molecule has 0 unspecified atom stereocenters. The van der Waals surface area contributed by atoms with Gasteiger partial charge in [-0.15, -0.1) is 0 Å². The summed E-state index contributed by atoms with van der Waals surface area (Å²) in [5, 5.41) is 1.91. The predicted molar refractivity (Wildman–Crippen MR) is 69.9 cm³/mol. The molecule has 3 aromatic rings. The summed E-state index contributed by atoms with van der Waals surface area (Å²) in [5.74, 6) is 0. The van der Waals surface area contributed by atoms with Gasteiger partial charge in [0.15, 0.2) is 0 Å². The number of rotatable bonds is 0. The Morgan fingerprint density at radius 2 is 1.89 bits per heavy atom. The van der Waals surface area contributed by atoms with Gasteiger partial charge in [-0.05, 0) is 6.07 Å². The Labute approximate surface area is 123 Å². The van der Waals surface area contributed by atoms with Crippen LogP contribution in [0.4, 0.5) is 0 Å². The van der Waals surface area contributed by atoms with E-state index in [0.29, 0.717) is 16.4 Å². The van der Waals surface area contributed by atoms with E-state index >= 15 is 0 Å². The van der Waals surface area contributed by atoms with Crippen molar-refractivity contribution in [3.63, 3.8) is 0 Å². The largest absolute Gasteiger partial charge is 0.319 e. The molecular formula is C12H6Cl2CuN2O. The quantitative estimate of drug-likeness (QED) is 0.508. The Bertz CT molecular complexity index is 801. The molecule has 0 aliphatic heterocycles. The number of hydrogen-bond donors (Lipinski definition) is 1. The topological polar surface area (TPSA) is 45.8 Å². The number of halogens is 2. The van der Waals surface area contributed by atoms with Gasteiger partial charge in [-0.2, -0.15) is 0 Å². The van der Waals surface area contributed by atoms with Gasteiger partial charge < -0.3 is 4.98 Å². The third-order valence-corrected chi connectivity index (χ3v) is 3.49. The Morgan fingerprint density at radius 3 is 2.67 bits per heavy atom. The minimum Gasteiger partial charge on any atom is -0.319 e. The first-order valence-electron chi connectivity index (χ1n) is 4.93. The van der Waals surface area contributed by atoms with E-state index in [2.05, 4.69) is 9.97 Å². The van der Waals surface area contributed by atoms with E-state index < -0.39 is 5.56 Å². The monoisotopic (exact) mass is 327 g/mol. The standard InChI is InChI=1S/C12H6Cl2N2O.Cu/c13-8-7-4-3-6-2-1-5-15-10(6)11(7)16-12(17)9(8)14;/h1-5H,(H,16,17);. The molecule has 1 radical (unpaired) electrons. The molecule has 0 fully saturated rings.